The number of likely N-dealkylation sites (N-methyl/N-ethyl adjacent to an activating group) is 1. The number of hydrogen-bond donors (Lipinski definition) is 2. The first-order valence-electron chi connectivity index (χ1n) is 7.80. The normalized spacial score (nSPS) is 12.0. The van der Waals surface area contributed by atoms with Gasteiger partial charge in [-0.3, -0.25) is 15.0 Å². The number of rotatable bonds is 6. The zero-order valence-corrected chi connectivity index (χ0v) is 14.7. The molecule has 1 atom stereocenters. The van der Waals surface area contributed by atoms with Gasteiger partial charge in [0.1, 0.15) is 5.76 Å². The zero-order chi connectivity index (χ0) is 18.6. The van der Waals surface area contributed by atoms with E-state index in [-0.39, 0.29) is 11.7 Å². The van der Waals surface area contributed by atoms with Crippen LogP contribution in [-0.2, 0) is 0 Å². The molecule has 0 saturated heterocycles. The molecule has 1 aromatic heterocycles. The number of hydrogen-bond acceptors (Lipinski definition) is 5. The summed E-state index contributed by atoms with van der Waals surface area (Å²) in [7, 11) is 3.78. The van der Waals surface area contributed by atoms with E-state index in [9.17, 15) is 14.9 Å². The molecule has 8 heteroatoms. The SMILES string of the molecule is Cc1ccc([N+](=O)[O-])c(C)c1NC(=O)NCC(c1ccco1)N(C)C. The number of amides is 2. The van der Waals surface area contributed by atoms with Crippen molar-refractivity contribution in [3.8, 4) is 0 Å². The van der Waals surface area contributed by atoms with E-state index >= 15 is 0 Å². The number of carbonyl (C=O) groups excluding carboxylic acids is 1. The molecular weight excluding hydrogens is 324 g/mol. The number of furan rings is 1. The highest BCUT2D eigenvalue weighted by Gasteiger charge is 2.20. The Morgan fingerprint density at radius 1 is 1.32 bits per heavy atom. The maximum absolute atomic E-state index is 12.3. The minimum atomic E-state index is -0.461. The second kappa shape index (κ2) is 7.80. The van der Waals surface area contributed by atoms with Crippen molar-refractivity contribution in [2.75, 3.05) is 26.0 Å². The largest absolute Gasteiger partial charge is 0.468 e. The first-order valence-corrected chi connectivity index (χ1v) is 7.80. The lowest BCUT2D eigenvalue weighted by molar-refractivity contribution is -0.385. The van der Waals surface area contributed by atoms with Crippen molar-refractivity contribution in [2.24, 2.45) is 0 Å². The summed E-state index contributed by atoms with van der Waals surface area (Å²) in [6, 6.07) is 6.15. The van der Waals surface area contributed by atoms with Gasteiger partial charge in [0.25, 0.3) is 5.69 Å². The Labute approximate surface area is 146 Å². The Kier molecular flexibility index (Phi) is 5.76. The second-order valence-corrected chi connectivity index (χ2v) is 5.99. The molecule has 25 heavy (non-hydrogen) atoms. The molecule has 2 aromatic rings. The third-order valence-corrected chi connectivity index (χ3v) is 4.03. The van der Waals surface area contributed by atoms with E-state index in [2.05, 4.69) is 10.6 Å². The summed E-state index contributed by atoms with van der Waals surface area (Å²) in [5.74, 6) is 0.744. The summed E-state index contributed by atoms with van der Waals surface area (Å²) >= 11 is 0. The van der Waals surface area contributed by atoms with Crippen LogP contribution < -0.4 is 10.6 Å². The van der Waals surface area contributed by atoms with E-state index in [0.29, 0.717) is 17.8 Å². The monoisotopic (exact) mass is 346 g/mol. The van der Waals surface area contributed by atoms with Crippen LogP contribution in [0.1, 0.15) is 22.9 Å². The third kappa shape index (κ3) is 4.36. The molecule has 0 bridgehead atoms. The Bertz CT molecular complexity index is 756. The lowest BCUT2D eigenvalue weighted by Gasteiger charge is -2.23. The first-order chi connectivity index (χ1) is 11.8. The van der Waals surface area contributed by atoms with Gasteiger partial charge in [0.05, 0.1) is 28.5 Å². The highest BCUT2D eigenvalue weighted by atomic mass is 16.6. The maximum atomic E-state index is 12.3. The number of nitro benzene ring substituents is 1. The molecule has 0 radical (unpaired) electrons. The van der Waals surface area contributed by atoms with Gasteiger partial charge in [0.15, 0.2) is 0 Å². The van der Waals surface area contributed by atoms with Crippen LogP contribution in [0.4, 0.5) is 16.2 Å². The van der Waals surface area contributed by atoms with E-state index in [1.54, 1.807) is 32.2 Å². The minimum absolute atomic E-state index is 0.0253. The van der Waals surface area contributed by atoms with Gasteiger partial charge in [-0.1, -0.05) is 6.07 Å². The molecule has 0 aliphatic heterocycles. The second-order valence-electron chi connectivity index (χ2n) is 5.99. The van der Waals surface area contributed by atoms with Crippen LogP contribution in [0.3, 0.4) is 0 Å². The molecule has 8 nitrogen and oxygen atoms in total. The van der Waals surface area contributed by atoms with Gasteiger partial charge >= 0.3 is 6.03 Å². The van der Waals surface area contributed by atoms with Gasteiger partial charge in [0.2, 0.25) is 0 Å². The number of anilines is 1. The first kappa shape index (κ1) is 18.5. The fraction of sp³-hybridized carbons (Fsp3) is 0.353. The summed E-state index contributed by atoms with van der Waals surface area (Å²) in [5, 5.41) is 16.5. The average Bonchev–Trinajstić information content (AvgIpc) is 3.05. The van der Waals surface area contributed by atoms with E-state index in [0.717, 1.165) is 11.3 Å². The minimum Gasteiger partial charge on any atom is -0.468 e. The van der Waals surface area contributed by atoms with E-state index < -0.39 is 11.0 Å². The Morgan fingerprint density at radius 2 is 2.04 bits per heavy atom. The summed E-state index contributed by atoms with van der Waals surface area (Å²) in [6.07, 6.45) is 1.59. The highest BCUT2D eigenvalue weighted by Crippen LogP contribution is 2.28. The predicted molar refractivity (Wildman–Crippen MR) is 94.7 cm³/mol. The number of benzene rings is 1. The summed E-state index contributed by atoms with van der Waals surface area (Å²) in [5.41, 5.74) is 1.61. The van der Waals surface area contributed by atoms with Gasteiger partial charge < -0.3 is 15.1 Å². The van der Waals surface area contributed by atoms with Gasteiger partial charge in [-0.15, -0.1) is 0 Å². The number of nitrogens with zero attached hydrogens (tertiary/aromatic N) is 2. The molecule has 0 aliphatic carbocycles. The summed E-state index contributed by atoms with van der Waals surface area (Å²) in [4.78, 5) is 24.8. The highest BCUT2D eigenvalue weighted by molar-refractivity contribution is 5.91. The smallest absolute Gasteiger partial charge is 0.319 e. The zero-order valence-electron chi connectivity index (χ0n) is 14.7. The topological polar surface area (TPSA) is 101 Å². The van der Waals surface area contributed by atoms with Crippen LogP contribution in [0.15, 0.2) is 34.9 Å². The maximum Gasteiger partial charge on any atom is 0.319 e. The lowest BCUT2D eigenvalue weighted by Crippen LogP contribution is -2.37. The van der Waals surface area contributed by atoms with Crippen LogP contribution in [0.2, 0.25) is 0 Å². The Morgan fingerprint density at radius 3 is 2.60 bits per heavy atom. The predicted octanol–water partition coefficient (Wildman–Crippen LogP) is 3.23. The molecule has 0 spiro atoms. The van der Waals surface area contributed by atoms with Crippen molar-refractivity contribution < 1.29 is 14.1 Å². The number of carbonyl (C=O) groups is 1. The summed E-state index contributed by atoms with van der Waals surface area (Å²) in [6.45, 7) is 3.74. The number of urea groups is 1. The van der Waals surface area contributed by atoms with Crippen molar-refractivity contribution in [3.63, 3.8) is 0 Å². The molecule has 0 fully saturated rings. The fourth-order valence-corrected chi connectivity index (χ4v) is 2.59. The third-order valence-electron chi connectivity index (χ3n) is 4.03. The van der Waals surface area contributed by atoms with Crippen molar-refractivity contribution in [1.29, 1.82) is 0 Å². The quantitative estimate of drug-likeness (QED) is 0.618. The van der Waals surface area contributed by atoms with Crippen molar-refractivity contribution in [3.05, 3.63) is 57.5 Å². The Balaban J connectivity index is 2.08. The number of nitro groups is 1. The van der Waals surface area contributed by atoms with Crippen molar-refractivity contribution in [1.82, 2.24) is 10.2 Å². The summed E-state index contributed by atoms with van der Waals surface area (Å²) < 4.78 is 5.40. The van der Waals surface area contributed by atoms with E-state index in [1.807, 2.05) is 25.1 Å². The van der Waals surface area contributed by atoms with Gasteiger partial charge in [0, 0.05) is 12.6 Å². The molecular formula is C17H22N4O4. The average molecular weight is 346 g/mol. The van der Waals surface area contributed by atoms with Crippen LogP contribution in [0, 0.1) is 24.0 Å². The molecule has 0 aliphatic rings. The molecule has 134 valence electrons. The van der Waals surface area contributed by atoms with Gasteiger partial charge in [-0.05, 0) is 45.6 Å². The molecule has 1 heterocycles. The van der Waals surface area contributed by atoms with Gasteiger partial charge in [-0.2, -0.15) is 0 Å². The molecule has 2 N–H and O–H groups in total. The van der Waals surface area contributed by atoms with E-state index in [4.69, 9.17) is 4.42 Å². The van der Waals surface area contributed by atoms with Crippen molar-refractivity contribution in [2.45, 2.75) is 19.9 Å². The molecule has 2 amide bonds. The van der Waals surface area contributed by atoms with Crippen molar-refractivity contribution >= 4 is 17.4 Å². The van der Waals surface area contributed by atoms with Crippen LogP contribution in [0.5, 0.6) is 0 Å². The fourth-order valence-electron chi connectivity index (χ4n) is 2.59. The Hall–Kier alpha value is -2.87. The lowest BCUT2D eigenvalue weighted by atomic mass is 10.1. The molecule has 0 saturated carbocycles. The van der Waals surface area contributed by atoms with Crippen LogP contribution in [-0.4, -0.2) is 36.5 Å². The molecule has 2 rings (SSSR count). The van der Waals surface area contributed by atoms with E-state index in [1.165, 1.54) is 6.07 Å². The van der Waals surface area contributed by atoms with Gasteiger partial charge in [-0.25, -0.2) is 4.79 Å². The standard InChI is InChI=1S/C17H22N4O4/c1-11-7-8-13(21(23)24)12(2)16(11)19-17(22)18-10-14(20(3)4)15-6-5-9-25-15/h5-9,14H,10H2,1-4H3,(H2,18,19,22). The molecule has 1 unspecified atom stereocenters. The van der Waals surface area contributed by atoms with Crippen LogP contribution in [0.25, 0.3) is 0 Å². The number of nitrogens with one attached hydrogen (secondary N) is 2. The van der Waals surface area contributed by atoms with Crippen LogP contribution >= 0.6 is 0 Å². The molecule has 1 aromatic carbocycles. The number of aryl methyl sites for hydroxylation is 1.